The summed E-state index contributed by atoms with van der Waals surface area (Å²) < 4.78 is 5.12. The zero-order chi connectivity index (χ0) is 17.1. The predicted molar refractivity (Wildman–Crippen MR) is 94.2 cm³/mol. The van der Waals surface area contributed by atoms with Crippen molar-refractivity contribution in [1.82, 2.24) is 0 Å². The van der Waals surface area contributed by atoms with Crippen LogP contribution in [0.1, 0.15) is 26.3 Å². The molecule has 0 atom stereocenters. The van der Waals surface area contributed by atoms with Crippen LogP contribution >= 0.6 is 11.8 Å². The molecule has 24 heavy (non-hydrogen) atoms. The molecule has 3 rings (SSSR count). The number of carboxylic acid groups (broad SMARTS) is 1. The van der Waals surface area contributed by atoms with E-state index in [-0.39, 0.29) is 17.2 Å². The molecule has 0 aliphatic carbocycles. The minimum atomic E-state index is -1.08. The van der Waals surface area contributed by atoms with Crippen molar-refractivity contribution < 1.29 is 19.4 Å². The van der Waals surface area contributed by atoms with Gasteiger partial charge in [0.15, 0.2) is 0 Å². The number of aromatic carboxylic acids is 1. The minimum absolute atomic E-state index is 0.0425. The first-order valence-corrected chi connectivity index (χ1v) is 8.66. The van der Waals surface area contributed by atoms with Gasteiger partial charge in [0.2, 0.25) is 0 Å². The summed E-state index contributed by atoms with van der Waals surface area (Å²) in [5, 5.41) is 9.16. The van der Waals surface area contributed by atoms with Crippen molar-refractivity contribution in [3.05, 3.63) is 59.2 Å². The van der Waals surface area contributed by atoms with E-state index in [1.54, 1.807) is 16.7 Å². The third kappa shape index (κ3) is 3.10. The topological polar surface area (TPSA) is 66.8 Å². The Morgan fingerprint density at radius 2 is 2.00 bits per heavy atom. The zero-order valence-electron chi connectivity index (χ0n) is 13.2. The monoisotopic (exact) mass is 343 g/mol. The van der Waals surface area contributed by atoms with E-state index in [2.05, 4.69) is 0 Å². The quantitative estimate of drug-likeness (QED) is 0.926. The average molecular weight is 343 g/mol. The van der Waals surface area contributed by atoms with Crippen molar-refractivity contribution in [2.75, 3.05) is 24.3 Å². The van der Waals surface area contributed by atoms with E-state index in [1.807, 2.05) is 24.3 Å². The highest BCUT2D eigenvalue weighted by Crippen LogP contribution is 2.30. The van der Waals surface area contributed by atoms with Crippen LogP contribution in [0.2, 0.25) is 0 Å². The number of para-hydroxylation sites is 1. The number of carbonyl (C=O) groups is 2. The van der Waals surface area contributed by atoms with Crippen LogP contribution in [0, 0.1) is 0 Å². The first-order chi connectivity index (χ1) is 11.6. The molecule has 2 aromatic carbocycles. The van der Waals surface area contributed by atoms with Crippen LogP contribution in [0.3, 0.4) is 0 Å². The fraction of sp³-hybridized carbons (Fsp3) is 0.222. The van der Waals surface area contributed by atoms with Crippen molar-refractivity contribution in [2.45, 2.75) is 5.75 Å². The molecule has 124 valence electrons. The molecule has 0 saturated carbocycles. The number of fused-ring (bicyclic) bond motifs is 1. The second kappa shape index (κ2) is 6.97. The molecule has 5 nitrogen and oxygen atoms in total. The van der Waals surface area contributed by atoms with Crippen LogP contribution in [0.15, 0.2) is 42.5 Å². The minimum Gasteiger partial charge on any atom is -0.496 e. The molecule has 1 aliphatic heterocycles. The van der Waals surface area contributed by atoms with Crippen molar-refractivity contribution >= 4 is 29.3 Å². The largest absolute Gasteiger partial charge is 0.496 e. The molecule has 1 N–H and O–H groups in total. The van der Waals surface area contributed by atoms with E-state index in [1.165, 1.54) is 25.3 Å². The third-order valence-electron chi connectivity index (χ3n) is 3.92. The van der Waals surface area contributed by atoms with Gasteiger partial charge in [-0.05, 0) is 29.8 Å². The molecule has 2 aromatic rings. The summed E-state index contributed by atoms with van der Waals surface area (Å²) in [6.07, 6.45) is 0. The first kappa shape index (κ1) is 16.4. The number of nitrogens with zero attached hydrogens (tertiary/aromatic N) is 1. The van der Waals surface area contributed by atoms with Crippen molar-refractivity contribution in [3.8, 4) is 5.75 Å². The Labute approximate surface area is 144 Å². The highest BCUT2D eigenvalue weighted by atomic mass is 32.2. The Morgan fingerprint density at radius 3 is 2.75 bits per heavy atom. The molecule has 0 aromatic heterocycles. The molecule has 0 saturated heterocycles. The fourth-order valence-corrected chi connectivity index (χ4v) is 3.64. The van der Waals surface area contributed by atoms with Gasteiger partial charge >= 0.3 is 5.97 Å². The lowest BCUT2D eigenvalue weighted by Crippen LogP contribution is -2.32. The highest BCUT2D eigenvalue weighted by molar-refractivity contribution is 7.98. The molecule has 1 heterocycles. The summed E-state index contributed by atoms with van der Waals surface area (Å²) in [5.74, 6) is 0.680. The van der Waals surface area contributed by atoms with E-state index in [0.29, 0.717) is 12.1 Å². The van der Waals surface area contributed by atoms with Crippen molar-refractivity contribution in [2.24, 2.45) is 0 Å². The summed E-state index contributed by atoms with van der Waals surface area (Å²) >= 11 is 1.79. The number of amides is 1. The Morgan fingerprint density at radius 1 is 1.21 bits per heavy atom. The molecule has 6 heteroatoms. The van der Waals surface area contributed by atoms with Gasteiger partial charge in [0, 0.05) is 29.3 Å². The number of ether oxygens (including phenoxy) is 1. The Kier molecular flexibility index (Phi) is 4.76. The van der Waals surface area contributed by atoms with Gasteiger partial charge in [-0.25, -0.2) is 4.79 Å². The summed E-state index contributed by atoms with van der Waals surface area (Å²) in [5.41, 5.74) is 2.50. The normalized spacial score (nSPS) is 13.8. The van der Waals surface area contributed by atoms with Crippen LogP contribution in [-0.4, -0.2) is 36.4 Å². The summed E-state index contributed by atoms with van der Waals surface area (Å²) in [6.45, 7) is 0.615. The number of carbonyl (C=O) groups excluding carboxylic acids is 1. The van der Waals surface area contributed by atoms with Crippen LogP contribution < -0.4 is 9.64 Å². The molecule has 1 aliphatic rings. The van der Waals surface area contributed by atoms with E-state index < -0.39 is 5.97 Å². The highest BCUT2D eigenvalue weighted by Gasteiger charge is 2.23. The standard InChI is InChI=1S/C18H17NO4S/c1-23-16-10-12(6-7-14(16)18(21)22)17(20)19-8-9-24-11-13-4-2-3-5-15(13)19/h2-7,10H,8-9,11H2,1H3,(H,21,22). The average Bonchev–Trinajstić information content (AvgIpc) is 2.82. The first-order valence-electron chi connectivity index (χ1n) is 7.50. The second-order valence-corrected chi connectivity index (χ2v) is 6.46. The zero-order valence-corrected chi connectivity index (χ0v) is 14.0. The fourth-order valence-electron chi connectivity index (χ4n) is 2.72. The van der Waals surface area contributed by atoms with E-state index >= 15 is 0 Å². The third-order valence-corrected chi connectivity index (χ3v) is 4.91. The molecule has 0 bridgehead atoms. The van der Waals surface area contributed by atoms with Crippen molar-refractivity contribution in [3.63, 3.8) is 0 Å². The smallest absolute Gasteiger partial charge is 0.339 e. The summed E-state index contributed by atoms with van der Waals surface area (Å²) in [6, 6.07) is 12.3. The van der Waals surface area contributed by atoms with Gasteiger partial charge in [0.1, 0.15) is 11.3 Å². The Bertz CT molecular complexity index is 790. The second-order valence-electron chi connectivity index (χ2n) is 5.36. The molecule has 0 radical (unpaired) electrons. The lowest BCUT2D eigenvalue weighted by atomic mass is 10.1. The number of hydrogen-bond acceptors (Lipinski definition) is 4. The van der Waals surface area contributed by atoms with Gasteiger partial charge in [0.25, 0.3) is 5.91 Å². The molecule has 0 fully saturated rings. The van der Waals surface area contributed by atoms with Gasteiger partial charge < -0.3 is 14.7 Å². The number of hydrogen-bond donors (Lipinski definition) is 1. The van der Waals surface area contributed by atoms with E-state index in [0.717, 1.165) is 22.8 Å². The van der Waals surface area contributed by atoms with Crippen LogP contribution in [0.4, 0.5) is 5.69 Å². The molecular formula is C18H17NO4S. The van der Waals surface area contributed by atoms with Crippen LogP contribution in [-0.2, 0) is 5.75 Å². The lowest BCUT2D eigenvalue weighted by Gasteiger charge is -2.23. The van der Waals surface area contributed by atoms with E-state index in [4.69, 9.17) is 9.84 Å². The van der Waals surface area contributed by atoms with Gasteiger partial charge in [0.05, 0.1) is 7.11 Å². The number of anilines is 1. The summed E-state index contributed by atoms with van der Waals surface area (Å²) in [4.78, 5) is 25.9. The number of carboxylic acids is 1. The number of methoxy groups -OCH3 is 1. The van der Waals surface area contributed by atoms with Crippen molar-refractivity contribution in [1.29, 1.82) is 0 Å². The Balaban J connectivity index is 1.99. The lowest BCUT2D eigenvalue weighted by molar-refractivity contribution is 0.0692. The van der Waals surface area contributed by atoms with Gasteiger partial charge in [-0.15, -0.1) is 0 Å². The predicted octanol–water partition coefficient (Wildman–Crippen LogP) is 3.29. The number of thioether (sulfide) groups is 1. The van der Waals surface area contributed by atoms with Crippen LogP contribution in [0.25, 0.3) is 0 Å². The van der Waals surface area contributed by atoms with Crippen LogP contribution in [0.5, 0.6) is 5.75 Å². The SMILES string of the molecule is COc1cc(C(=O)N2CCSCc3ccccc32)ccc1C(=O)O. The molecular weight excluding hydrogens is 326 g/mol. The number of rotatable bonds is 3. The van der Waals surface area contributed by atoms with Gasteiger partial charge in [-0.2, -0.15) is 11.8 Å². The summed E-state index contributed by atoms with van der Waals surface area (Å²) in [7, 11) is 1.40. The molecule has 0 spiro atoms. The number of benzene rings is 2. The van der Waals surface area contributed by atoms with Gasteiger partial charge in [-0.1, -0.05) is 18.2 Å². The molecule has 1 amide bonds. The van der Waals surface area contributed by atoms with Gasteiger partial charge in [-0.3, -0.25) is 4.79 Å². The Hall–Kier alpha value is -2.47. The van der Waals surface area contributed by atoms with E-state index in [9.17, 15) is 9.59 Å². The molecule has 0 unspecified atom stereocenters. The maximum atomic E-state index is 13.0. The maximum Gasteiger partial charge on any atom is 0.339 e. The maximum absolute atomic E-state index is 13.0.